The van der Waals surface area contributed by atoms with E-state index in [2.05, 4.69) is 15.5 Å². The monoisotopic (exact) mass is 237 g/mol. The predicted octanol–water partition coefficient (Wildman–Crippen LogP) is 0.799. The van der Waals surface area contributed by atoms with Gasteiger partial charge in [0.05, 0.1) is 0 Å². The second-order valence-corrected chi connectivity index (χ2v) is 4.09. The molecule has 0 aromatic heterocycles. The van der Waals surface area contributed by atoms with Crippen LogP contribution in [0.25, 0.3) is 0 Å². The summed E-state index contributed by atoms with van der Waals surface area (Å²) in [4.78, 5) is 12.5. The zero-order chi connectivity index (χ0) is 12.1. The summed E-state index contributed by atoms with van der Waals surface area (Å²) in [5.74, 6) is -0.222. The molecule has 2 N–H and O–H groups in total. The number of amides is 1. The molecule has 1 amide bonds. The number of nitrogens with one attached hydrogen (secondary N) is 2. The minimum Gasteiger partial charge on any atom is -0.329 e. The number of anilines is 1. The molecule has 0 atom stereocenters. The van der Waals surface area contributed by atoms with Gasteiger partial charge in [-0.25, -0.2) is 4.39 Å². The summed E-state index contributed by atoms with van der Waals surface area (Å²) in [6.07, 6.45) is 0.599. The predicted molar refractivity (Wildman–Crippen MR) is 64.2 cm³/mol. The summed E-state index contributed by atoms with van der Waals surface area (Å²) in [5, 5.41) is 5.79. The lowest BCUT2D eigenvalue weighted by molar-refractivity contribution is -0.105. The molecule has 17 heavy (non-hydrogen) atoms. The van der Waals surface area contributed by atoms with Crippen molar-refractivity contribution in [1.29, 1.82) is 0 Å². The maximum atomic E-state index is 13.6. The maximum absolute atomic E-state index is 13.6. The molecular weight excluding hydrogens is 221 g/mol. The van der Waals surface area contributed by atoms with Crippen molar-refractivity contribution in [2.24, 2.45) is 0 Å². The molecule has 1 aliphatic heterocycles. The van der Waals surface area contributed by atoms with Gasteiger partial charge in [0.25, 0.3) is 0 Å². The van der Waals surface area contributed by atoms with E-state index in [0.717, 1.165) is 26.2 Å². The van der Waals surface area contributed by atoms with Crippen LogP contribution in [0.15, 0.2) is 18.2 Å². The van der Waals surface area contributed by atoms with Gasteiger partial charge in [0, 0.05) is 44.0 Å². The Morgan fingerprint density at radius 2 is 2.18 bits per heavy atom. The van der Waals surface area contributed by atoms with Gasteiger partial charge in [0.2, 0.25) is 6.41 Å². The summed E-state index contributed by atoms with van der Waals surface area (Å²) >= 11 is 0. The first kappa shape index (κ1) is 12.0. The Morgan fingerprint density at radius 1 is 1.41 bits per heavy atom. The zero-order valence-electron chi connectivity index (χ0n) is 9.58. The van der Waals surface area contributed by atoms with Crippen LogP contribution in [0.1, 0.15) is 5.56 Å². The van der Waals surface area contributed by atoms with Gasteiger partial charge in [-0.15, -0.1) is 0 Å². The van der Waals surface area contributed by atoms with Crippen molar-refractivity contribution in [2.45, 2.75) is 6.54 Å². The fraction of sp³-hybridized carbons (Fsp3) is 0.417. The second-order valence-electron chi connectivity index (χ2n) is 4.09. The van der Waals surface area contributed by atoms with Crippen molar-refractivity contribution >= 4 is 12.1 Å². The first-order valence-electron chi connectivity index (χ1n) is 5.71. The number of hydrogen-bond acceptors (Lipinski definition) is 3. The summed E-state index contributed by atoms with van der Waals surface area (Å²) in [6.45, 7) is 4.30. The molecule has 1 aromatic rings. The summed E-state index contributed by atoms with van der Waals surface area (Å²) < 4.78 is 13.6. The van der Waals surface area contributed by atoms with Crippen LogP contribution in [-0.2, 0) is 11.3 Å². The number of carbonyl (C=O) groups is 1. The van der Waals surface area contributed by atoms with E-state index in [9.17, 15) is 9.18 Å². The first-order valence-corrected chi connectivity index (χ1v) is 5.71. The number of piperazine rings is 1. The molecule has 2 rings (SSSR count). The topological polar surface area (TPSA) is 44.4 Å². The van der Waals surface area contributed by atoms with Gasteiger partial charge >= 0.3 is 0 Å². The van der Waals surface area contributed by atoms with Crippen LogP contribution >= 0.6 is 0 Å². The van der Waals surface area contributed by atoms with E-state index in [1.165, 1.54) is 6.07 Å². The fourth-order valence-electron chi connectivity index (χ4n) is 1.96. The highest BCUT2D eigenvalue weighted by Gasteiger charge is 2.12. The van der Waals surface area contributed by atoms with Gasteiger partial charge in [-0.1, -0.05) is 0 Å². The van der Waals surface area contributed by atoms with Crippen LogP contribution in [0.5, 0.6) is 0 Å². The molecule has 4 nitrogen and oxygen atoms in total. The molecule has 1 aromatic carbocycles. The summed E-state index contributed by atoms with van der Waals surface area (Å²) in [7, 11) is 0. The van der Waals surface area contributed by atoms with Crippen LogP contribution in [0.2, 0.25) is 0 Å². The number of nitrogens with zero attached hydrogens (tertiary/aromatic N) is 1. The third-order valence-electron chi connectivity index (χ3n) is 2.87. The molecule has 0 spiro atoms. The van der Waals surface area contributed by atoms with E-state index in [4.69, 9.17) is 0 Å². The van der Waals surface area contributed by atoms with Crippen LogP contribution in [0.4, 0.5) is 10.1 Å². The van der Waals surface area contributed by atoms with Crippen molar-refractivity contribution in [2.75, 3.05) is 31.5 Å². The molecule has 0 unspecified atom stereocenters. The molecule has 5 heteroatoms. The Bertz CT molecular complexity index is 391. The smallest absolute Gasteiger partial charge is 0.211 e. The van der Waals surface area contributed by atoms with Crippen LogP contribution in [0.3, 0.4) is 0 Å². The maximum Gasteiger partial charge on any atom is 0.211 e. The third-order valence-corrected chi connectivity index (χ3v) is 2.87. The highest BCUT2D eigenvalue weighted by Crippen LogP contribution is 2.16. The van der Waals surface area contributed by atoms with Crippen LogP contribution in [0, 0.1) is 5.82 Å². The van der Waals surface area contributed by atoms with E-state index in [1.54, 1.807) is 12.1 Å². The van der Waals surface area contributed by atoms with Gasteiger partial charge in [0.1, 0.15) is 5.82 Å². The van der Waals surface area contributed by atoms with E-state index < -0.39 is 0 Å². The van der Waals surface area contributed by atoms with Gasteiger partial charge in [-0.2, -0.15) is 0 Å². The number of hydrogen-bond donors (Lipinski definition) is 2. The van der Waals surface area contributed by atoms with Crippen molar-refractivity contribution < 1.29 is 9.18 Å². The Labute approximate surface area is 99.8 Å². The molecule has 92 valence electrons. The van der Waals surface area contributed by atoms with Crippen LogP contribution < -0.4 is 10.6 Å². The summed E-state index contributed by atoms with van der Waals surface area (Å²) in [6, 6.07) is 4.64. The number of rotatable bonds is 4. The zero-order valence-corrected chi connectivity index (χ0v) is 9.58. The minimum absolute atomic E-state index is 0.222. The molecule has 0 saturated carbocycles. The molecule has 0 radical (unpaired) electrons. The Balaban J connectivity index is 2.07. The molecule has 1 aliphatic rings. The molecular formula is C12H16FN3O. The molecule has 1 fully saturated rings. The molecule has 0 bridgehead atoms. The van der Waals surface area contributed by atoms with Crippen molar-refractivity contribution in [3.63, 3.8) is 0 Å². The van der Waals surface area contributed by atoms with Gasteiger partial charge < -0.3 is 10.6 Å². The number of halogens is 1. The van der Waals surface area contributed by atoms with E-state index in [1.807, 2.05) is 0 Å². The minimum atomic E-state index is -0.222. The van der Waals surface area contributed by atoms with Crippen LogP contribution in [-0.4, -0.2) is 37.5 Å². The van der Waals surface area contributed by atoms with E-state index >= 15 is 0 Å². The first-order chi connectivity index (χ1) is 8.29. The fourth-order valence-corrected chi connectivity index (χ4v) is 1.96. The van der Waals surface area contributed by atoms with Gasteiger partial charge in [-0.3, -0.25) is 9.69 Å². The standard InChI is InChI=1S/C12H16FN3O/c13-12-2-1-11(15-9-17)7-10(12)8-16-5-3-14-4-6-16/h1-2,7,9,14H,3-6,8H2,(H,15,17). The van der Waals surface area contributed by atoms with Crippen molar-refractivity contribution in [1.82, 2.24) is 10.2 Å². The Hall–Kier alpha value is -1.46. The molecule has 0 aliphatic carbocycles. The lowest BCUT2D eigenvalue weighted by atomic mass is 10.1. The van der Waals surface area contributed by atoms with E-state index in [-0.39, 0.29) is 5.82 Å². The lowest BCUT2D eigenvalue weighted by Gasteiger charge is -2.27. The molecule has 1 heterocycles. The third kappa shape index (κ3) is 3.25. The summed E-state index contributed by atoms with van der Waals surface area (Å²) in [5.41, 5.74) is 1.25. The van der Waals surface area contributed by atoms with Crippen molar-refractivity contribution in [3.05, 3.63) is 29.6 Å². The molecule has 1 saturated heterocycles. The highest BCUT2D eigenvalue weighted by atomic mass is 19.1. The largest absolute Gasteiger partial charge is 0.329 e. The SMILES string of the molecule is O=CNc1ccc(F)c(CN2CCNCC2)c1. The van der Waals surface area contributed by atoms with E-state index in [0.29, 0.717) is 24.2 Å². The lowest BCUT2D eigenvalue weighted by Crippen LogP contribution is -2.43. The van der Waals surface area contributed by atoms with Gasteiger partial charge in [0.15, 0.2) is 0 Å². The Morgan fingerprint density at radius 3 is 2.88 bits per heavy atom. The number of carbonyl (C=O) groups excluding carboxylic acids is 1. The average molecular weight is 237 g/mol. The normalized spacial score (nSPS) is 16.8. The average Bonchev–Trinajstić information content (AvgIpc) is 2.35. The Kier molecular flexibility index (Phi) is 4.06. The van der Waals surface area contributed by atoms with Crippen molar-refractivity contribution in [3.8, 4) is 0 Å². The quantitative estimate of drug-likeness (QED) is 0.761. The highest BCUT2D eigenvalue weighted by molar-refractivity contribution is 5.71. The second kappa shape index (κ2) is 5.75. The van der Waals surface area contributed by atoms with Gasteiger partial charge in [-0.05, 0) is 18.2 Å². The number of benzene rings is 1.